The van der Waals surface area contributed by atoms with Gasteiger partial charge in [-0.2, -0.15) is 110 Å². The Morgan fingerprint density at radius 1 is 0.429 bits per heavy atom. The molecule has 1 N–H and O–H groups in total. The van der Waals surface area contributed by atoms with Gasteiger partial charge in [0.25, 0.3) is 0 Å². The van der Waals surface area contributed by atoms with Crippen LogP contribution >= 0.6 is 0 Å². The Morgan fingerprint density at radius 3 is 0.939 bits per heavy atom. The van der Waals surface area contributed by atoms with Crippen LogP contribution in [0.2, 0.25) is 0 Å². The van der Waals surface area contributed by atoms with Crippen molar-refractivity contribution in [1.82, 2.24) is 0 Å². The van der Waals surface area contributed by atoms with E-state index in [1.54, 1.807) is 0 Å². The van der Waals surface area contributed by atoms with Gasteiger partial charge in [-0.1, -0.05) is 0 Å². The predicted octanol–water partition coefficient (Wildman–Crippen LogP) is 5.57. The number of aliphatic hydroxyl groups is 1. The van der Waals surface area contributed by atoms with E-state index >= 15 is 0 Å². The van der Waals surface area contributed by atoms with Crippen molar-refractivity contribution < 1.29 is 195 Å². The molecule has 33 heteroatoms. The van der Waals surface area contributed by atoms with Gasteiger partial charge in [-0.25, -0.2) is 17.6 Å². The van der Waals surface area contributed by atoms with Crippen molar-refractivity contribution in [3.05, 3.63) is 0 Å². The monoisotopic (exact) mass is 834 g/mol. The topological polar surface area (TPSA) is 38.7 Å². The van der Waals surface area contributed by atoms with Gasteiger partial charge >= 0.3 is 147 Å². The maximum absolute atomic E-state index is 14.7. The van der Waals surface area contributed by atoms with E-state index in [-0.39, 0.29) is 52.8 Å². The zero-order valence-corrected chi connectivity index (χ0v) is 24.5. The van der Waals surface area contributed by atoms with Gasteiger partial charge in [0, 0.05) is 0 Å². The minimum absolute atomic E-state index is 0. The molecule has 1 rings (SSSR count). The van der Waals surface area contributed by atoms with E-state index in [0.717, 1.165) is 0 Å². The minimum atomic E-state index is -9.45. The Labute approximate surface area is 289 Å². The first-order chi connectivity index (χ1) is 20.3. The number of hydrogen-bond acceptors (Lipinski definition) is 3. The predicted molar refractivity (Wildman–Crippen MR) is 83.4 cm³/mol. The smallest absolute Gasteiger partial charge is 1.00 e. The molecule has 1 saturated heterocycles. The van der Waals surface area contributed by atoms with Crippen LogP contribution < -0.4 is 51.4 Å². The summed E-state index contributed by atoms with van der Waals surface area (Å²) >= 11 is 0. The Hall–Kier alpha value is -0.514. The maximum Gasteiger partial charge on any atom is 1.00 e. The summed E-state index contributed by atoms with van der Waals surface area (Å²) in [6.45, 7) is 0. The van der Waals surface area contributed by atoms with Gasteiger partial charge in [0.15, 0.2) is 0 Å². The fourth-order valence-electron chi connectivity index (χ4n) is 3.10. The van der Waals surface area contributed by atoms with Crippen molar-refractivity contribution >= 4 is 0 Å². The fraction of sp³-hybridized carbons (Fsp3) is 1.00. The van der Waals surface area contributed by atoms with E-state index in [2.05, 4.69) is 0 Å². The van der Waals surface area contributed by atoms with Gasteiger partial charge in [0.2, 0.25) is 0 Å². The molecule has 2 atom stereocenters. The third kappa shape index (κ3) is 5.68. The standard InChI is InChI=1S/C16H3F29O3.K.H/c17-1(18)3(21,22)5(25,26)7(29,30)9(33,34)11(37,38)13(41)16(44,45)48-14(47-13,15(42,43)46)12(39,40)10(35,36)8(31,32)6(27,28)4(23,24)2(19)20;;/h1-2,46H;;/q;+1;-1. The molecule has 1 heterocycles. The Kier molecular flexibility index (Phi) is 12.1. The second kappa shape index (κ2) is 12.3. The quantitative estimate of drug-likeness (QED) is 0.195. The second-order valence-corrected chi connectivity index (χ2v) is 8.92. The molecule has 0 spiro atoms. The molecule has 49 heavy (non-hydrogen) atoms. The SMILES string of the molecule is OC(F)(F)C1(C(F)(F)C(F)(F)C(F)(F)C(F)(F)C(F)(F)C(F)F)OC(F)(F)C(F)(C(F)(F)C(F)(F)C(F)(F)C(F)(F)C(F)(F)C(F)F)O1.[H-].[K+]. The van der Waals surface area contributed by atoms with Crippen molar-refractivity contribution in [2.75, 3.05) is 0 Å². The van der Waals surface area contributed by atoms with E-state index in [1.165, 1.54) is 9.47 Å². The largest absolute Gasteiger partial charge is 1.00 e. The number of hydrogen-bond donors (Lipinski definition) is 1. The van der Waals surface area contributed by atoms with E-state index in [4.69, 9.17) is 5.11 Å². The molecule has 0 aromatic heterocycles. The molecule has 1 fully saturated rings. The molecule has 1 aliphatic rings. The minimum Gasteiger partial charge on any atom is -1.00 e. The molecule has 0 aromatic carbocycles. The molecule has 0 radical (unpaired) electrons. The van der Waals surface area contributed by atoms with Crippen molar-refractivity contribution in [3.8, 4) is 0 Å². The number of alkyl halides is 29. The van der Waals surface area contributed by atoms with Crippen LogP contribution in [0.15, 0.2) is 0 Å². The van der Waals surface area contributed by atoms with Gasteiger partial charge < -0.3 is 6.53 Å². The molecule has 0 bridgehead atoms. The second-order valence-electron chi connectivity index (χ2n) is 8.92. The molecule has 2 unspecified atom stereocenters. The van der Waals surface area contributed by atoms with E-state index in [1.807, 2.05) is 0 Å². The molecule has 0 aromatic rings. The van der Waals surface area contributed by atoms with Crippen LogP contribution in [0.1, 0.15) is 1.43 Å². The van der Waals surface area contributed by atoms with Gasteiger partial charge in [-0.15, -0.1) is 0 Å². The third-order valence-corrected chi connectivity index (χ3v) is 5.90. The summed E-state index contributed by atoms with van der Waals surface area (Å²) in [4.78, 5) is 0. The maximum atomic E-state index is 14.7. The Balaban J connectivity index is 0. The van der Waals surface area contributed by atoms with Crippen LogP contribution in [-0.2, 0) is 9.47 Å². The molecule has 0 amide bonds. The van der Waals surface area contributed by atoms with Crippen LogP contribution in [0, 0.1) is 0 Å². The summed E-state index contributed by atoms with van der Waals surface area (Å²) in [5.74, 6) is -108. The summed E-state index contributed by atoms with van der Waals surface area (Å²) in [6.07, 6.45) is -29.6. The normalized spacial score (nSPS) is 24.5. The van der Waals surface area contributed by atoms with Gasteiger partial charge in [0.05, 0.1) is 0 Å². The number of halogens is 29. The molecule has 0 aliphatic carbocycles. The summed E-state index contributed by atoms with van der Waals surface area (Å²) < 4.78 is 394. The van der Waals surface area contributed by atoms with Gasteiger partial charge in [0.1, 0.15) is 0 Å². The number of ether oxygens (including phenoxy) is 2. The van der Waals surface area contributed by atoms with Crippen molar-refractivity contribution in [2.45, 2.75) is 95.9 Å². The first kappa shape index (κ1) is 48.5. The van der Waals surface area contributed by atoms with Crippen LogP contribution in [0.5, 0.6) is 0 Å². The molecule has 0 saturated carbocycles. The summed E-state index contributed by atoms with van der Waals surface area (Å²) in [7, 11) is 0. The van der Waals surface area contributed by atoms with Crippen molar-refractivity contribution in [1.29, 1.82) is 0 Å². The summed E-state index contributed by atoms with van der Waals surface area (Å²) in [6, 6.07) is 0. The molecular weight excluding hydrogens is 830 g/mol. The molecule has 3 nitrogen and oxygen atoms in total. The zero-order valence-electron chi connectivity index (χ0n) is 22.4. The molecule has 290 valence electrons. The van der Waals surface area contributed by atoms with Crippen LogP contribution in [0.4, 0.5) is 127 Å². The van der Waals surface area contributed by atoms with E-state index < -0.39 is 95.9 Å². The molecule has 1 aliphatic heterocycles. The van der Waals surface area contributed by atoms with Crippen molar-refractivity contribution in [2.24, 2.45) is 0 Å². The Morgan fingerprint density at radius 2 is 0.694 bits per heavy atom. The zero-order chi connectivity index (χ0) is 39.6. The Bertz CT molecular complexity index is 1220. The number of rotatable bonds is 13. The van der Waals surface area contributed by atoms with Crippen LogP contribution in [0.25, 0.3) is 0 Å². The summed E-state index contributed by atoms with van der Waals surface area (Å²) in [5.41, 5.74) is 0. The average molecular weight is 834 g/mol. The van der Waals surface area contributed by atoms with E-state index in [0.29, 0.717) is 0 Å². The average Bonchev–Trinajstić information content (AvgIpc) is 3.10. The van der Waals surface area contributed by atoms with Gasteiger partial charge in [-0.05, 0) is 0 Å². The first-order valence-electron chi connectivity index (χ1n) is 10.2. The third-order valence-electron chi connectivity index (χ3n) is 5.90. The fourth-order valence-corrected chi connectivity index (χ4v) is 3.10. The summed E-state index contributed by atoms with van der Waals surface area (Å²) in [5, 5.41) is 8.29. The van der Waals surface area contributed by atoms with Crippen molar-refractivity contribution in [3.63, 3.8) is 0 Å². The molecular formula is C16H4F29KO3. The van der Waals surface area contributed by atoms with E-state index in [9.17, 15) is 127 Å². The van der Waals surface area contributed by atoms with Crippen LogP contribution in [-0.4, -0.2) is 101 Å². The first-order valence-corrected chi connectivity index (χ1v) is 10.2. The van der Waals surface area contributed by atoms with Crippen LogP contribution in [0.3, 0.4) is 0 Å². The van der Waals surface area contributed by atoms with Gasteiger partial charge in [-0.3, -0.25) is 9.47 Å².